The number of rotatable bonds is 5. The number of benzene rings is 1. The normalized spacial score (nSPS) is 9.71. The molecule has 0 unspecified atom stereocenters. The highest BCUT2D eigenvalue weighted by atomic mass is 33.1. The van der Waals surface area contributed by atoms with Crippen molar-refractivity contribution in [1.82, 2.24) is 0 Å². The molecular weight excluding hydrogens is 216 g/mol. The van der Waals surface area contributed by atoms with Crippen molar-refractivity contribution in [2.75, 3.05) is 0 Å². The van der Waals surface area contributed by atoms with Crippen LogP contribution in [0.15, 0.2) is 36.3 Å². The Balaban J connectivity index is 2.55. The van der Waals surface area contributed by atoms with Crippen molar-refractivity contribution in [2.24, 2.45) is 0 Å². The molecule has 0 aliphatic carbocycles. The van der Waals surface area contributed by atoms with Gasteiger partial charge in [-0.3, -0.25) is 0 Å². The third-order valence-corrected chi connectivity index (χ3v) is 3.46. The van der Waals surface area contributed by atoms with Gasteiger partial charge in [-0.05, 0) is 23.1 Å². The maximum Gasteiger partial charge on any atom is 0.335 e. The van der Waals surface area contributed by atoms with Crippen LogP contribution >= 0.6 is 21.6 Å². The molecule has 74 valence electrons. The van der Waals surface area contributed by atoms with Crippen molar-refractivity contribution in [3.63, 3.8) is 0 Å². The molecule has 1 aromatic rings. The summed E-state index contributed by atoms with van der Waals surface area (Å²) in [4.78, 5) is 10.6. The fourth-order valence-electron chi connectivity index (χ4n) is 0.894. The zero-order valence-corrected chi connectivity index (χ0v) is 9.11. The van der Waals surface area contributed by atoms with Crippen LogP contribution in [0, 0.1) is 0 Å². The van der Waals surface area contributed by atoms with Crippen molar-refractivity contribution in [2.45, 2.75) is 5.75 Å². The molecule has 0 aliphatic heterocycles. The van der Waals surface area contributed by atoms with Crippen LogP contribution in [0.1, 0.15) is 15.9 Å². The van der Waals surface area contributed by atoms with Crippen LogP contribution in [0.25, 0.3) is 0 Å². The Kier molecular flexibility index (Phi) is 4.62. The van der Waals surface area contributed by atoms with Crippen LogP contribution in [0.5, 0.6) is 0 Å². The predicted molar refractivity (Wildman–Crippen MR) is 62.5 cm³/mol. The highest BCUT2D eigenvalue weighted by Crippen LogP contribution is 2.26. The van der Waals surface area contributed by atoms with E-state index in [-0.39, 0.29) is 0 Å². The van der Waals surface area contributed by atoms with Crippen LogP contribution in [0.4, 0.5) is 0 Å². The second-order valence-electron chi connectivity index (χ2n) is 2.53. The summed E-state index contributed by atoms with van der Waals surface area (Å²) < 4.78 is 0. The van der Waals surface area contributed by atoms with E-state index in [9.17, 15) is 4.79 Å². The van der Waals surface area contributed by atoms with Gasteiger partial charge >= 0.3 is 5.97 Å². The molecule has 1 N–H and O–H groups in total. The van der Waals surface area contributed by atoms with E-state index in [2.05, 4.69) is 6.58 Å². The van der Waals surface area contributed by atoms with Gasteiger partial charge in [-0.1, -0.05) is 40.3 Å². The van der Waals surface area contributed by atoms with Crippen molar-refractivity contribution in [3.8, 4) is 0 Å². The Hall–Kier alpha value is -0.870. The van der Waals surface area contributed by atoms with Gasteiger partial charge in [-0.15, -0.1) is 0 Å². The van der Waals surface area contributed by atoms with Crippen LogP contribution in [-0.4, -0.2) is 11.1 Å². The van der Waals surface area contributed by atoms with E-state index in [0.29, 0.717) is 5.56 Å². The Bertz CT molecular complexity index is 319. The molecule has 0 amide bonds. The SMILES string of the molecule is C=CSSCc1ccc(C(=O)O)cc1. The van der Waals surface area contributed by atoms with Gasteiger partial charge in [0.2, 0.25) is 0 Å². The minimum atomic E-state index is -0.885. The van der Waals surface area contributed by atoms with Gasteiger partial charge in [0.05, 0.1) is 5.56 Å². The monoisotopic (exact) mass is 226 g/mol. The molecule has 14 heavy (non-hydrogen) atoms. The number of carboxylic acids is 1. The average Bonchev–Trinajstić information content (AvgIpc) is 2.19. The maximum absolute atomic E-state index is 10.6. The topological polar surface area (TPSA) is 37.3 Å². The lowest BCUT2D eigenvalue weighted by atomic mass is 10.1. The van der Waals surface area contributed by atoms with Gasteiger partial charge in [0.1, 0.15) is 0 Å². The zero-order valence-electron chi connectivity index (χ0n) is 7.47. The lowest BCUT2D eigenvalue weighted by molar-refractivity contribution is 0.0697. The number of carbonyl (C=O) groups is 1. The number of hydrogen-bond donors (Lipinski definition) is 1. The fourth-order valence-corrected chi connectivity index (χ4v) is 2.29. The highest BCUT2D eigenvalue weighted by molar-refractivity contribution is 8.77. The van der Waals surface area contributed by atoms with Gasteiger partial charge in [0, 0.05) is 5.75 Å². The molecule has 0 heterocycles. The molecule has 0 radical (unpaired) electrons. The quantitative estimate of drug-likeness (QED) is 0.616. The maximum atomic E-state index is 10.6. The molecule has 2 nitrogen and oxygen atoms in total. The van der Waals surface area contributed by atoms with Crippen molar-refractivity contribution >= 4 is 27.6 Å². The molecule has 0 aliphatic rings. The van der Waals surface area contributed by atoms with Gasteiger partial charge in [0.15, 0.2) is 0 Å². The van der Waals surface area contributed by atoms with Gasteiger partial charge in [0.25, 0.3) is 0 Å². The van der Waals surface area contributed by atoms with Crippen LogP contribution < -0.4 is 0 Å². The predicted octanol–water partition coefficient (Wildman–Crippen LogP) is 3.41. The smallest absolute Gasteiger partial charge is 0.335 e. The Morgan fingerprint density at radius 3 is 2.57 bits per heavy atom. The molecule has 4 heteroatoms. The standard InChI is InChI=1S/C10H10O2S2/c1-2-13-14-7-8-3-5-9(6-4-8)10(11)12/h2-6H,1,7H2,(H,11,12). The average molecular weight is 226 g/mol. The summed E-state index contributed by atoms with van der Waals surface area (Å²) in [6.45, 7) is 3.59. The molecule has 0 fully saturated rings. The first kappa shape index (κ1) is 11.2. The van der Waals surface area contributed by atoms with Crippen LogP contribution in [0.2, 0.25) is 0 Å². The highest BCUT2D eigenvalue weighted by Gasteiger charge is 2.01. The van der Waals surface area contributed by atoms with E-state index >= 15 is 0 Å². The third kappa shape index (κ3) is 3.47. The van der Waals surface area contributed by atoms with Crippen molar-refractivity contribution in [3.05, 3.63) is 47.4 Å². The second kappa shape index (κ2) is 5.78. The molecule has 1 rings (SSSR count). The number of carboxylic acid groups (broad SMARTS) is 1. The molecule has 1 aromatic carbocycles. The Morgan fingerprint density at radius 2 is 2.07 bits per heavy atom. The molecule has 0 bridgehead atoms. The first-order valence-corrected chi connectivity index (χ1v) is 6.33. The Labute approximate surface area is 90.8 Å². The zero-order chi connectivity index (χ0) is 10.4. The van der Waals surface area contributed by atoms with E-state index in [1.54, 1.807) is 39.1 Å². The number of aromatic carboxylic acids is 1. The van der Waals surface area contributed by atoms with Gasteiger partial charge in [-0.25, -0.2) is 4.79 Å². The van der Waals surface area contributed by atoms with Crippen LogP contribution in [-0.2, 0) is 5.75 Å². The molecule has 0 spiro atoms. The number of hydrogen-bond acceptors (Lipinski definition) is 3. The lowest BCUT2D eigenvalue weighted by Crippen LogP contribution is -1.95. The van der Waals surface area contributed by atoms with E-state index in [1.165, 1.54) is 0 Å². The van der Waals surface area contributed by atoms with Crippen molar-refractivity contribution in [1.29, 1.82) is 0 Å². The first-order valence-electron chi connectivity index (χ1n) is 3.95. The van der Waals surface area contributed by atoms with E-state index in [0.717, 1.165) is 11.3 Å². The Morgan fingerprint density at radius 1 is 1.43 bits per heavy atom. The van der Waals surface area contributed by atoms with Crippen LogP contribution in [0.3, 0.4) is 0 Å². The van der Waals surface area contributed by atoms with E-state index in [4.69, 9.17) is 5.11 Å². The fraction of sp³-hybridized carbons (Fsp3) is 0.100. The lowest BCUT2D eigenvalue weighted by Gasteiger charge is -1.99. The second-order valence-corrected chi connectivity index (χ2v) is 4.86. The summed E-state index contributed by atoms with van der Waals surface area (Å²) in [5, 5.41) is 10.4. The van der Waals surface area contributed by atoms with Gasteiger partial charge < -0.3 is 5.11 Å². The summed E-state index contributed by atoms with van der Waals surface area (Å²) >= 11 is 0. The summed E-state index contributed by atoms with van der Waals surface area (Å²) in [6.07, 6.45) is 0. The third-order valence-electron chi connectivity index (χ3n) is 1.56. The van der Waals surface area contributed by atoms with Crippen molar-refractivity contribution < 1.29 is 9.90 Å². The molecule has 0 aromatic heterocycles. The molecule has 0 saturated heterocycles. The summed E-state index contributed by atoms with van der Waals surface area (Å²) in [6, 6.07) is 6.91. The largest absolute Gasteiger partial charge is 0.478 e. The molecule has 0 saturated carbocycles. The summed E-state index contributed by atoms with van der Waals surface area (Å²) in [5.74, 6) is -0.0268. The minimum Gasteiger partial charge on any atom is -0.478 e. The summed E-state index contributed by atoms with van der Waals surface area (Å²) in [7, 11) is 3.25. The van der Waals surface area contributed by atoms with E-state index in [1.807, 2.05) is 12.1 Å². The summed E-state index contributed by atoms with van der Waals surface area (Å²) in [5.41, 5.74) is 1.45. The first-order chi connectivity index (χ1) is 6.74. The molecule has 0 atom stereocenters. The minimum absolute atomic E-state index is 0.329. The molecular formula is C10H10O2S2. The van der Waals surface area contributed by atoms with E-state index < -0.39 is 5.97 Å². The van der Waals surface area contributed by atoms with Gasteiger partial charge in [-0.2, -0.15) is 0 Å².